The van der Waals surface area contributed by atoms with E-state index in [1.54, 1.807) is 0 Å². The summed E-state index contributed by atoms with van der Waals surface area (Å²) in [7, 11) is 0. The predicted octanol–water partition coefficient (Wildman–Crippen LogP) is 13.9. The molecule has 0 spiro atoms. The predicted molar refractivity (Wildman–Crippen MR) is 210 cm³/mol. The fourth-order valence-corrected chi connectivity index (χ4v) is 8.52. The second-order valence-corrected chi connectivity index (χ2v) is 13.6. The van der Waals surface area contributed by atoms with Gasteiger partial charge in [-0.1, -0.05) is 127 Å². The van der Waals surface area contributed by atoms with Crippen molar-refractivity contribution in [1.82, 2.24) is 0 Å². The van der Waals surface area contributed by atoms with Gasteiger partial charge in [0.2, 0.25) is 0 Å². The van der Waals surface area contributed by atoms with Gasteiger partial charge in [-0.05, 0) is 70.4 Å². The Balaban J connectivity index is 1.15. The lowest BCUT2D eigenvalue weighted by atomic mass is 9.99. The second-order valence-electron chi connectivity index (χ2n) is 12.5. The summed E-state index contributed by atoms with van der Waals surface area (Å²) >= 11 is 1.86. The van der Waals surface area contributed by atoms with Gasteiger partial charge in [-0.25, -0.2) is 0 Å². The van der Waals surface area contributed by atoms with Crippen LogP contribution in [0.2, 0.25) is 0 Å². The molecule has 3 heteroatoms. The highest BCUT2D eigenvalue weighted by molar-refractivity contribution is 7.26. The Labute approximate surface area is 287 Å². The van der Waals surface area contributed by atoms with Crippen LogP contribution in [0.15, 0.2) is 180 Å². The van der Waals surface area contributed by atoms with E-state index < -0.39 is 0 Å². The zero-order valence-electron chi connectivity index (χ0n) is 26.5. The highest BCUT2D eigenvalue weighted by atomic mass is 32.1. The summed E-state index contributed by atoms with van der Waals surface area (Å²) in [5.74, 6) is 0. The topological polar surface area (TPSA) is 16.4 Å². The molecule has 2 aromatic heterocycles. The standard InChI is InChI=1S/C46H29NOS/c1-2-11-30(12-3-1)35-13-4-7-18-41(35)47(34-26-27-36-32(29-34)23-28-44-45(36)40-15-6-9-20-43(40)49-44)33-24-21-31(22-25-33)37-16-10-17-39-38-14-5-8-19-42(38)48-46(37)39/h1-29H. The summed E-state index contributed by atoms with van der Waals surface area (Å²) in [4.78, 5) is 2.39. The van der Waals surface area contributed by atoms with Crippen LogP contribution in [0.25, 0.3) is 75.1 Å². The molecule has 0 N–H and O–H groups in total. The largest absolute Gasteiger partial charge is 0.455 e. The van der Waals surface area contributed by atoms with E-state index in [4.69, 9.17) is 4.42 Å². The van der Waals surface area contributed by atoms with Crippen molar-refractivity contribution in [2.24, 2.45) is 0 Å². The van der Waals surface area contributed by atoms with E-state index in [0.717, 1.165) is 50.1 Å². The van der Waals surface area contributed by atoms with Crippen molar-refractivity contribution in [1.29, 1.82) is 0 Å². The monoisotopic (exact) mass is 643 g/mol. The van der Waals surface area contributed by atoms with Crippen LogP contribution < -0.4 is 4.90 Å². The maximum Gasteiger partial charge on any atom is 0.143 e. The SMILES string of the molecule is c1ccc(-c2ccccc2N(c2ccc(-c3cccc4c3oc3ccccc34)cc2)c2ccc3c(ccc4sc5ccccc5c43)c2)cc1. The molecule has 0 aliphatic heterocycles. The maximum absolute atomic E-state index is 6.40. The number of hydrogen-bond donors (Lipinski definition) is 0. The number of furan rings is 1. The zero-order valence-corrected chi connectivity index (χ0v) is 27.3. The van der Waals surface area contributed by atoms with Crippen molar-refractivity contribution in [3.8, 4) is 22.3 Å². The van der Waals surface area contributed by atoms with Gasteiger partial charge in [0.25, 0.3) is 0 Å². The molecule has 8 aromatic carbocycles. The first-order chi connectivity index (χ1) is 24.3. The van der Waals surface area contributed by atoms with Crippen LogP contribution in [-0.4, -0.2) is 0 Å². The van der Waals surface area contributed by atoms with Crippen LogP contribution in [0.4, 0.5) is 17.1 Å². The minimum Gasteiger partial charge on any atom is -0.455 e. The molecule has 0 saturated heterocycles. The molecule has 0 radical (unpaired) electrons. The van der Waals surface area contributed by atoms with E-state index in [1.807, 2.05) is 23.5 Å². The summed E-state index contributed by atoms with van der Waals surface area (Å²) in [6.07, 6.45) is 0. The number of para-hydroxylation sites is 3. The fraction of sp³-hybridized carbons (Fsp3) is 0. The molecular weight excluding hydrogens is 615 g/mol. The van der Waals surface area contributed by atoms with Gasteiger partial charge in [-0.15, -0.1) is 11.3 Å². The first-order valence-electron chi connectivity index (χ1n) is 16.6. The van der Waals surface area contributed by atoms with Crippen LogP contribution in [-0.2, 0) is 0 Å². The van der Waals surface area contributed by atoms with Crippen molar-refractivity contribution in [3.05, 3.63) is 176 Å². The van der Waals surface area contributed by atoms with Gasteiger partial charge in [0.15, 0.2) is 0 Å². The van der Waals surface area contributed by atoms with E-state index in [2.05, 4.69) is 169 Å². The molecule has 0 unspecified atom stereocenters. The van der Waals surface area contributed by atoms with E-state index in [1.165, 1.54) is 42.1 Å². The van der Waals surface area contributed by atoms with E-state index in [-0.39, 0.29) is 0 Å². The molecule has 0 atom stereocenters. The molecule has 0 bridgehead atoms. The third-order valence-corrected chi connectivity index (χ3v) is 10.8. The van der Waals surface area contributed by atoms with E-state index in [0.29, 0.717) is 0 Å². The van der Waals surface area contributed by atoms with Crippen molar-refractivity contribution in [3.63, 3.8) is 0 Å². The number of thiophene rings is 1. The van der Waals surface area contributed by atoms with Crippen molar-refractivity contribution in [2.75, 3.05) is 4.90 Å². The molecule has 0 aliphatic rings. The van der Waals surface area contributed by atoms with Gasteiger partial charge in [0.05, 0.1) is 5.69 Å². The van der Waals surface area contributed by atoms with Crippen LogP contribution >= 0.6 is 11.3 Å². The molecule has 0 aliphatic carbocycles. The van der Waals surface area contributed by atoms with Gasteiger partial charge in [-0.2, -0.15) is 0 Å². The van der Waals surface area contributed by atoms with E-state index >= 15 is 0 Å². The third kappa shape index (κ3) is 4.55. The molecule has 49 heavy (non-hydrogen) atoms. The summed E-state index contributed by atoms with van der Waals surface area (Å²) in [6.45, 7) is 0. The summed E-state index contributed by atoms with van der Waals surface area (Å²) < 4.78 is 9.05. The minimum absolute atomic E-state index is 0.911. The van der Waals surface area contributed by atoms with Crippen LogP contribution in [0.1, 0.15) is 0 Å². The van der Waals surface area contributed by atoms with Gasteiger partial charge in [0, 0.05) is 53.4 Å². The first kappa shape index (κ1) is 27.9. The Kier molecular flexibility index (Phi) is 6.39. The van der Waals surface area contributed by atoms with Crippen LogP contribution in [0.3, 0.4) is 0 Å². The molecule has 10 rings (SSSR count). The molecule has 0 amide bonds. The number of nitrogens with zero attached hydrogens (tertiary/aromatic N) is 1. The Morgan fingerprint density at radius 3 is 2.02 bits per heavy atom. The third-order valence-electron chi connectivity index (χ3n) is 9.67. The van der Waals surface area contributed by atoms with Gasteiger partial charge >= 0.3 is 0 Å². The van der Waals surface area contributed by atoms with Crippen LogP contribution in [0.5, 0.6) is 0 Å². The molecule has 0 fully saturated rings. The highest BCUT2D eigenvalue weighted by Crippen LogP contribution is 2.45. The lowest BCUT2D eigenvalue weighted by Crippen LogP contribution is -2.11. The number of benzene rings is 8. The average molecular weight is 644 g/mol. The Bertz CT molecular complexity index is 2830. The number of fused-ring (bicyclic) bond motifs is 8. The lowest BCUT2D eigenvalue weighted by Gasteiger charge is -2.28. The maximum atomic E-state index is 6.40. The zero-order chi connectivity index (χ0) is 32.3. The van der Waals surface area contributed by atoms with Crippen molar-refractivity contribution in [2.45, 2.75) is 0 Å². The molecule has 0 saturated carbocycles. The molecular formula is C46H29NOS. The second kappa shape index (κ2) is 11.2. The quantitative estimate of drug-likeness (QED) is 0.186. The van der Waals surface area contributed by atoms with Gasteiger partial charge in [-0.3, -0.25) is 0 Å². The molecule has 2 nitrogen and oxygen atoms in total. The van der Waals surface area contributed by atoms with E-state index in [9.17, 15) is 0 Å². The lowest BCUT2D eigenvalue weighted by molar-refractivity contribution is 0.670. The first-order valence-corrected chi connectivity index (χ1v) is 17.4. The Morgan fingerprint density at radius 1 is 0.429 bits per heavy atom. The summed E-state index contributed by atoms with van der Waals surface area (Å²) in [6, 6.07) is 63.2. The fourth-order valence-electron chi connectivity index (χ4n) is 7.40. The smallest absolute Gasteiger partial charge is 0.143 e. The molecule has 10 aromatic rings. The normalized spacial score (nSPS) is 11.7. The van der Waals surface area contributed by atoms with Crippen molar-refractivity contribution >= 4 is 81.3 Å². The average Bonchev–Trinajstić information content (AvgIpc) is 3.75. The number of rotatable bonds is 5. The van der Waals surface area contributed by atoms with Gasteiger partial charge in [0.1, 0.15) is 11.2 Å². The number of hydrogen-bond acceptors (Lipinski definition) is 3. The highest BCUT2D eigenvalue weighted by Gasteiger charge is 2.19. The summed E-state index contributed by atoms with van der Waals surface area (Å²) in [5.41, 5.74) is 9.74. The Hall–Kier alpha value is -6.16. The number of anilines is 3. The van der Waals surface area contributed by atoms with Gasteiger partial charge < -0.3 is 9.32 Å². The minimum atomic E-state index is 0.911. The molecule has 2 heterocycles. The molecule has 230 valence electrons. The Morgan fingerprint density at radius 2 is 1.12 bits per heavy atom. The van der Waals surface area contributed by atoms with Crippen molar-refractivity contribution < 1.29 is 4.42 Å². The summed E-state index contributed by atoms with van der Waals surface area (Å²) in [5, 5.41) is 7.45. The van der Waals surface area contributed by atoms with Crippen LogP contribution in [0, 0.1) is 0 Å².